The number of carbonyl (C=O) groups excluding carboxylic acids is 2. The highest BCUT2D eigenvalue weighted by Crippen LogP contribution is 2.49. The number of rotatable bonds is 2. The van der Waals surface area contributed by atoms with Gasteiger partial charge in [0.1, 0.15) is 0 Å². The molecule has 1 aliphatic heterocycles. The Hall–Kier alpha value is -2.05. The van der Waals surface area contributed by atoms with Crippen LogP contribution in [0.2, 0.25) is 0 Å². The molecule has 2 aliphatic rings. The summed E-state index contributed by atoms with van der Waals surface area (Å²) in [5.41, 5.74) is -0.749. The van der Waals surface area contributed by atoms with Crippen LogP contribution in [0.5, 0.6) is 0 Å². The maximum Gasteiger partial charge on any atom is 0.416 e. The monoisotopic (exact) mass is 354 g/mol. The van der Waals surface area contributed by atoms with Crippen LogP contribution < -0.4 is 5.32 Å². The fourth-order valence-corrected chi connectivity index (χ4v) is 4.23. The van der Waals surface area contributed by atoms with Gasteiger partial charge in [-0.1, -0.05) is 12.8 Å². The van der Waals surface area contributed by atoms with Gasteiger partial charge in [-0.15, -0.1) is 0 Å². The molecule has 1 heterocycles. The van der Waals surface area contributed by atoms with Crippen molar-refractivity contribution in [1.82, 2.24) is 10.2 Å². The van der Waals surface area contributed by atoms with Gasteiger partial charge in [0.25, 0.3) is 5.91 Å². The minimum atomic E-state index is -4.42. The minimum Gasteiger partial charge on any atom is -0.359 e. The molecule has 3 rings (SSSR count). The molecule has 25 heavy (non-hydrogen) atoms. The van der Waals surface area contributed by atoms with Gasteiger partial charge < -0.3 is 10.2 Å². The lowest BCUT2D eigenvalue weighted by Gasteiger charge is -2.28. The summed E-state index contributed by atoms with van der Waals surface area (Å²) in [6, 6.07) is 4.26. The maximum absolute atomic E-state index is 12.7. The Morgan fingerprint density at radius 2 is 1.76 bits per heavy atom. The Kier molecular flexibility index (Phi) is 4.51. The van der Waals surface area contributed by atoms with Crippen LogP contribution in [-0.2, 0) is 11.0 Å². The summed E-state index contributed by atoms with van der Waals surface area (Å²) in [5.74, 6) is -0.630. The van der Waals surface area contributed by atoms with E-state index >= 15 is 0 Å². The molecule has 1 aromatic carbocycles. The lowest BCUT2D eigenvalue weighted by atomic mass is 9.76. The molecule has 1 spiro atoms. The van der Waals surface area contributed by atoms with Crippen LogP contribution in [0.25, 0.3) is 0 Å². The highest BCUT2D eigenvalue weighted by atomic mass is 19.4. The second-order valence-corrected chi connectivity index (χ2v) is 7.00. The molecule has 1 aromatic rings. The average molecular weight is 354 g/mol. The van der Waals surface area contributed by atoms with E-state index in [4.69, 9.17) is 0 Å². The average Bonchev–Trinajstić information content (AvgIpc) is 3.21. The highest BCUT2D eigenvalue weighted by Gasteiger charge is 2.52. The van der Waals surface area contributed by atoms with Crippen molar-refractivity contribution in [3.63, 3.8) is 0 Å². The molecule has 1 saturated carbocycles. The van der Waals surface area contributed by atoms with Crippen molar-refractivity contribution >= 4 is 11.8 Å². The number of amides is 2. The predicted molar refractivity (Wildman–Crippen MR) is 85.8 cm³/mol. The van der Waals surface area contributed by atoms with Gasteiger partial charge >= 0.3 is 6.18 Å². The zero-order valence-corrected chi connectivity index (χ0v) is 14.0. The number of hydrogen-bond donors (Lipinski definition) is 1. The molecular weight excluding hydrogens is 333 g/mol. The van der Waals surface area contributed by atoms with Crippen molar-refractivity contribution < 1.29 is 22.8 Å². The topological polar surface area (TPSA) is 49.4 Å². The van der Waals surface area contributed by atoms with E-state index in [0.717, 1.165) is 37.8 Å². The summed E-state index contributed by atoms with van der Waals surface area (Å²) in [4.78, 5) is 26.6. The summed E-state index contributed by atoms with van der Waals surface area (Å²) < 4.78 is 38.0. The number of carbonyl (C=O) groups is 2. The Balaban J connectivity index is 1.80. The molecule has 0 radical (unpaired) electrons. The zero-order chi connectivity index (χ0) is 18.2. The SMILES string of the molecule is CNC(=O)[C@@H]1CN(C(=O)c2ccc(C(F)(F)F)cc2)CC12CCCC2. The number of halogens is 3. The maximum atomic E-state index is 12.7. The highest BCUT2D eigenvalue weighted by molar-refractivity contribution is 5.95. The fraction of sp³-hybridized carbons (Fsp3) is 0.556. The van der Waals surface area contributed by atoms with E-state index in [1.165, 1.54) is 12.1 Å². The van der Waals surface area contributed by atoms with Crippen LogP contribution in [0.15, 0.2) is 24.3 Å². The van der Waals surface area contributed by atoms with E-state index in [-0.39, 0.29) is 28.7 Å². The molecule has 0 bridgehead atoms. The van der Waals surface area contributed by atoms with Gasteiger partial charge in [0.15, 0.2) is 0 Å². The first-order valence-electron chi connectivity index (χ1n) is 8.45. The summed E-state index contributed by atoms with van der Waals surface area (Å²) in [5, 5.41) is 2.68. The largest absolute Gasteiger partial charge is 0.416 e. The third kappa shape index (κ3) is 3.24. The molecule has 1 atom stereocenters. The van der Waals surface area contributed by atoms with Crippen molar-refractivity contribution in [3.8, 4) is 0 Å². The van der Waals surface area contributed by atoms with Gasteiger partial charge in [-0.2, -0.15) is 13.2 Å². The molecule has 0 aromatic heterocycles. The van der Waals surface area contributed by atoms with Crippen molar-refractivity contribution in [3.05, 3.63) is 35.4 Å². The summed E-state index contributed by atoms with van der Waals surface area (Å²) >= 11 is 0. The lowest BCUT2D eigenvalue weighted by Crippen LogP contribution is -2.38. The van der Waals surface area contributed by atoms with Crippen molar-refractivity contribution in [2.45, 2.75) is 31.9 Å². The lowest BCUT2D eigenvalue weighted by molar-refractivity contribution is -0.137. The molecule has 136 valence electrons. The third-order valence-electron chi connectivity index (χ3n) is 5.56. The standard InChI is InChI=1S/C18H21F3N2O2/c1-22-15(24)14-10-23(11-17(14)8-2-3-9-17)16(25)12-4-6-13(7-5-12)18(19,20)21/h4-7,14H,2-3,8-11H2,1H3,(H,22,24)/t14-/m0/s1. The van der Waals surface area contributed by atoms with Gasteiger partial charge in [-0.25, -0.2) is 0 Å². The molecular formula is C18H21F3N2O2. The van der Waals surface area contributed by atoms with E-state index in [0.29, 0.717) is 13.1 Å². The Bertz CT molecular complexity index is 664. The van der Waals surface area contributed by atoms with E-state index < -0.39 is 11.7 Å². The molecule has 1 aliphatic carbocycles. The van der Waals surface area contributed by atoms with Crippen molar-refractivity contribution in [2.75, 3.05) is 20.1 Å². The van der Waals surface area contributed by atoms with E-state index in [1.54, 1.807) is 11.9 Å². The number of hydrogen-bond acceptors (Lipinski definition) is 2. The second kappa shape index (κ2) is 6.35. The molecule has 7 heteroatoms. The Morgan fingerprint density at radius 1 is 1.16 bits per heavy atom. The van der Waals surface area contributed by atoms with Gasteiger partial charge in [-0.05, 0) is 37.1 Å². The fourth-order valence-electron chi connectivity index (χ4n) is 4.23. The molecule has 1 N–H and O–H groups in total. The first-order chi connectivity index (χ1) is 11.8. The number of benzene rings is 1. The van der Waals surface area contributed by atoms with Crippen LogP contribution in [-0.4, -0.2) is 36.9 Å². The molecule has 2 amide bonds. The number of nitrogens with zero attached hydrogens (tertiary/aromatic N) is 1. The summed E-state index contributed by atoms with van der Waals surface area (Å²) in [7, 11) is 1.59. The summed E-state index contributed by atoms with van der Waals surface area (Å²) in [6.45, 7) is 0.810. The van der Waals surface area contributed by atoms with Gasteiger partial charge in [0, 0.05) is 31.1 Å². The van der Waals surface area contributed by atoms with Crippen molar-refractivity contribution in [1.29, 1.82) is 0 Å². The predicted octanol–water partition coefficient (Wildman–Crippen LogP) is 3.08. The van der Waals surface area contributed by atoms with E-state index in [2.05, 4.69) is 5.32 Å². The van der Waals surface area contributed by atoms with Crippen molar-refractivity contribution in [2.24, 2.45) is 11.3 Å². The number of nitrogens with one attached hydrogen (secondary N) is 1. The van der Waals surface area contributed by atoms with Gasteiger partial charge in [-0.3, -0.25) is 9.59 Å². The molecule has 1 saturated heterocycles. The first kappa shape index (κ1) is 17.8. The number of likely N-dealkylation sites (tertiary alicyclic amines) is 1. The minimum absolute atomic E-state index is 0.0652. The Labute approximate surface area is 144 Å². The number of alkyl halides is 3. The van der Waals surface area contributed by atoms with Crippen LogP contribution in [0, 0.1) is 11.3 Å². The van der Waals surface area contributed by atoms with E-state index in [1.807, 2.05) is 0 Å². The van der Waals surface area contributed by atoms with Gasteiger partial charge in [0.2, 0.25) is 5.91 Å². The summed E-state index contributed by atoms with van der Waals surface area (Å²) in [6.07, 6.45) is -0.539. The van der Waals surface area contributed by atoms with Crippen LogP contribution in [0.1, 0.15) is 41.6 Å². The molecule has 4 nitrogen and oxygen atoms in total. The Morgan fingerprint density at radius 3 is 2.28 bits per heavy atom. The van der Waals surface area contributed by atoms with E-state index in [9.17, 15) is 22.8 Å². The quantitative estimate of drug-likeness (QED) is 0.887. The second-order valence-electron chi connectivity index (χ2n) is 7.00. The first-order valence-corrected chi connectivity index (χ1v) is 8.45. The molecule has 0 unspecified atom stereocenters. The smallest absolute Gasteiger partial charge is 0.359 e. The van der Waals surface area contributed by atoms with Gasteiger partial charge in [0.05, 0.1) is 11.5 Å². The van der Waals surface area contributed by atoms with Crippen LogP contribution in [0.3, 0.4) is 0 Å². The molecule has 2 fully saturated rings. The normalized spacial score (nSPS) is 22.4. The van der Waals surface area contributed by atoms with Crippen LogP contribution >= 0.6 is 0 Å². The zero-order valence-electron chi connectivity index (χ0n) is 14.0. The third-order valence-corrected chi connectivity index (χ3v) is 5.56. The van der Waals surface area contributed by atoms with Crippen LogP contribution in [0.4, 0.5) is 13.2 Å².